The molecule has 1 aromatic heterocycles. The van der Waals surface area contributed by atoms with Crippen LogP contribution in [0.15, 0.2) is 61.2 Å². The number of nitrogens with zero attached hydrogens (tertiary/aromatic N) is 3. The van der Waals surface area contributed by atoms with Crippen molar-refractivity contribution in [3.63, 3.8) is 0 Å². The molecule has 0 saturated heterocycles. The van der Waals surface area contributed by atoms with E-state index in [1.54, 1.807) is 11.0 Å². The van der Waals surface area contributed by atoms with Gasteiger partial charge < -0.3 is 5.32 Å². The van der Waals surface area contributed by atoms with Gasteiger partial charge in [-0.05, 0) is 54.5 Å². The first-order valence-corrected chi connectivity index (χ1v) is 9.08. The second kappa shape index (κ2) is 5.80. The van der Waals surface area contributed by atoms with Crippen molar-refractivity contribution in [1.82, 2.24) is 20.1 Å². The van der Waals surface area contributed by atoms with Crippen molar-refractivity contribution in [2.45, 2.75) is 24.7 Å². The number of aryl methyl sites for hydroxylation is 1. The predicted octanol–water partition coefficient (Wildman–Crippen LogP) is 2.90. The summed E-state index contributed by atoms with van der Waals surface area (Å²) < 4.78 is 1.65. The third-order valence-electron chi connectivity index (χ3n) is 5.93. The molecule has 3 aromatic rings. The Morgan fingerprint density at radius 2 is 2.15 bits per heavy atom. The van der Waals surface area contributed by atoms with Gasteiger partial charge in [0.05, 0.1) is 5.69 Å². The lowest BCUT2D eigenvalue weighted by Crippen LogP contribution is -2.27. The van der Waals surface area contributed by atoms with Crippen LogP contribution in [-0.4, -0.2) is 27.2 Å². The summed E-state index contributed by atoms with van der Waals surface area (Å²) in [6.07, 6.45) is 6.68. The second-order valence-corrected chi connectivity index (χ2v) is 7.31. The third-order valence-corrected chi connectivity index (χ3v) is 5.93. The molecule has 0 aliphatic heterocycles. The minimum absolute atomic E-state index is 0.0275. The molecule has 2 aliphatic rings. The van der Waals surface area contributed by atoms with E-state index in [1.165, 1.54) is 36.7 Å². The second-order valence-electron chi connectivity index (χ2n) is 7.31. The van der Waals surface area contributed by atoms with Crippen LogP contribution < -0.4 is 5.32 Å². The first-order valence-electron chi connectivity index (χ1n) is 9.08. The van der Waals surface area contributed by atoms with Gasteiger partial charge in [0.15, 0.2) is 0 Å². The maximum Gasteiger partial charge on any atom is 0.251 e. The van der Waals surface area contributed by atoms with Gasteiger partial charge >= 0.3 is 0 Å². The highest BCUT2D eigenvalue weighted by Gasteiger charge is 2.57. The van der Waals surface area contributed by atoms with Crippen LogP contribution in [0.2, 0.25) is 0 Å². The summed E-state index contributed by atoms with van der Waals surface area (Å²) in [5.74, 6) is 0.522. The van der Waals surface area contributed by atoms with E-state index in [2.05, 4.69) is 39.7 Å². The van der Waals surface area contributed by atoms with E-state index >= 15 is 0 Å². The lowest BCUT2D eigenvalue weighted by atomic mass is 9.95. The molecule has 1 amide bonds. The van der Waals surface area contributed by atoms with Crippen LogP contribution in [-0.2, 0) is 11.8 Å². The molecule has 1 N–H and O–H groups in total. The van der Waals surface area contributed by atoms with Gasteiger partial charge in [-0.1, -0.05) is 30.3 Å². The molecular weight excluding hydrogens is 324 g/mol. The molecule has 0 radical (unpaired) electrons. The summed E-state index contributed by atoms with van der Waals surface area (Å²) in [4.78, 5) is 16.5. The predicted molar refractivity (Wildman–Crippen MR) is 98.2 cm³/mol. The van der Waals surface area contributed by atoms with Gasteiger partial charge in [0.2, 0.25) is 0 Å². The molecule has 2 aliphatic carbocycles. The van der Waals surface area contributed by atoms with Crippen LogP contribution in [0.25, 0.3) is 5.69 Å². The van der Waals surface area contributed by atoms with Crippen molar-refractivity contribution < 1.29 is 4.79 Å². The molecule has 2 aromatic carbocycles. The monoisotopic (exact) mass is 344 g/mol. The fraction of sp³-hybridized carbons (Fsp3) is 0.286. The topological polar surface area (TPSA) is 59.8 Å². The SMILES string of the molecule is O=C(NC[C@H]1C[C@]12CCc1ccccc12)c1cccc(-n2cncn2)c1. The van der Waals surface area contributed by atoms with Crippen molar-refractivity contribution in [3.05, 3.63) is 77.9 Å². The van der Waals surface area contributed by atoms with Crippen molar-refractivity contribution in [1.29, 1.82) is 0 Å². The van der Waals surface area contributed by atoms with E-state index in [0.717, 1.165) is 12.2 Å². The molecular formula is C21H20N4O. The number of hydrogen-bond donors (Lipinski definition) is 1. The van der Waals surface area contributed by atoms with Crippen LogP contribution >= 0.6 is 0 Å². The number of rotatable bonds is 4. The normalized spacial score (nSPS) is 23.0. The van der Waals surface area contributed by atoms with Gasteiger partial charge in [0.25, 0.3) is 5.91 Å². The fourth-order valence-corrected chi connectivity index (χ4v) is 4.45. The molecule has 1 heterocycles. The van der Waals surface area contributed by atoms with Crippen LogP contribution in [0, 0.1) is 5.92 Å². The molecule has 26 heavy (non-hydrogen) atoms. The maximum absolute atomic E-state index is 12.6. The third kappa shape index (κ3) is 2.43. The van der Waals surface area contributed by atoms with E-state index in [0.29, 0.717) is 16.9 Å². The number of aromatic nitrogens is 3. The molecule has 0 unspecified atom stereocenters. The Hall–Kier alpha value is -2.95. The van der Waals surface area contributed by atoms with Gasteiger partial charge in [-0.3, -0.25) is 4.79 Å². The number of hydrogen-bond acceptors (Lipinski definition) is 3. The Kier molecular flexibility index (Phi) is 3.42. The van der Waals surface area contributed by atoms with Gasteiger partial charge in [-0.2, -0.15) is 5.10 Å². The van der Waals surface area contributed by atoms with E-state index in [-0.39, 0.29) is 5.91 Å². The zero-order valence-electron chi connectivity index (χ0n) is 14.4. The van der Waals surface area contributed by atoms with Crippen molar-refractivity contribution in [3.8, 4) is 5.69 Å². The summed E-state index contributed by atoms with van der Waals surface area (Å²) >= 11 is 0. The number of carbonyl (C=O) groups excluding carboxylic acids is 1. The van der Waals surface area contributed by atoms with Gasteiger partial charge in [-0.25, -0.2) is 9.67 Å². The molecule has 5 nitrogen and oxygen atoms in total. The average molecular weight is 344 g/mol. The molecule has 1 fully saturated rings. The van der Waals surface area contributed by atoms with Crippen LogP contribution in [0.3, 0.4) is 0 Å². The summed E-state index contributed by atoms with van der Waals surface area (Å²) in [5.41, 5.74) is 4.79. The first-order chi connectivity index (χ1) is 12.8. The van der Waals surface area contributed by atoms with Gasteiger partial charge in [-0.15, -0.1) is 0 Å². The Morgan fingerprint density at radius 1 is 1.23 bits per heavy atom. The largest absolute Gasteiger partial charge is 0.352 e. The van der Waals surface area contributed by atoms with Crippen LogP contribution in [0.5, 0.6) is 0 Å². The van der Waals surface area contributed by atoms with Crippen molar-refractivity contribution in [2.24, 2.45) is 5.92 Å². The molecule has 1 spiro atoms. The Morgan fingerprint density at radius 3 is 3.04 bits per heavy atom. The van der Waals surface area contributed by atoms with Crippen molar-refractivity contribution >= 4 is 5.91 Å². The van der Waals surface area contributed by atoms with E-state index in [1.807, 2.05) is 24.3 Å². The lowest BCUT2D eigenvalue weighted by Gasteiger charge is -2.12. The molecule has 0 bridgehead atoms. The number of fused-ring (bicyclic) bond motifs is 2. The molecule has 5 rings (SSSR count). The van der Waals surface area contributed by atoms with Gasteiger partial charge in [0.1, 0.15) is 12.7 Å². The van der Waals surface area contributed by atoms with E-state index in [9.17, 15) is 4.79 Å². The number of nitrogens with one attached hydrogen (secondary N) is 1. The Labute approximate surface area is 152 Å². The highest BCUT2D eigenvalue weighted by Crippen LogP contribution is 2.61. The summed E-state index contributed by atoms with van der Waals surface area (Å²) in [6.45, 7) is 0.737. The minimum Gasteiger partial charge on any atom is -0.352 e. The van der Waals surface area contributed by atoms with E-state index in [4.69, 9.17) is 0 Å². The van der Waals surface area contributed by atoms with E-state index < -0.39 is 0 Å². The quantitative estimate of drug-likeness (QED) is 0.792. The minimum atomic E-state index is -0.0275. The molecule has 1 saturated carbocycles. The number of carbonyl (C=O) groups is 1. The molecule has 2 atom stereocenters. The van der Waals surface area contributed by atoms with Crippen molar-refractivity contribution in [2.75, 3.05) is 6.54 Å². The molecule has 5 heteroatoms. The molecule has 130 valence electrons. The average Bonchev–Trinajstić information content (AvgIpc) is 3.01. The first kappa shape index (κ1) is 15.3. The maximum atomic E-state index is 12.6. The smallest absolute Gasteiger partial charge is 0.251 e. The summed E-state index contributed by atoms with van der Waals surface area (Å²) in [5, 5.41) is 7.25. The lowest BCUT2D eigenvalue weighted by molar-refractivity contribution is 0.0951. The Balaban J connectivity index is 1.26. The summed E-state index contributed by atoms with van der Waals surface area (Å²) in [7, 11) is 0. The standard InChI is InChI=1S/C21H20N4O/c26-20(16-5-3-6-18(10-16)25-14-22-13-24-25)23-12-17-11-21(17)9-8-15-4-1-2-7-19(15)21/h1-7,10,13-14,17H,8-9,11-12H2,(H,23,26)/t17-,21-/m1/s1. The van der Waals surface area contributed by atoms with Gasteiger partial charge in [0, 0.05) is 17.5 Å². The number of benzene rings is 2. The fourth-order valence-electron chi connectivity index (χ4n) is 4.45. The zero-order chi connectivity index (χ0) is 17.6. The van der Waals surface area contributed by atoms with Crippen LogP contribution in [0.4, 0.5) is 0 Å². The highest BCUT2D eigenvalue weighted by atomic mass is 16.1. The number of amides is 1. The highest BCUT2D eigenvalue weighted by molar-refractivity contribution is 5.94. The Bertz CT molecular complexity index is 966. The zero-order valence-corrected chi connectivity index (χ0v) is 14.4. The van der Waals surface area contributed by atoms with Crippen LogP contribution in [0.1, 0.15) is 34.3 Å². The summed E-state index contributed by atoms with van der Waals surface area (Å²) in [6, 6.07) is 16.2.